The van der Waals surface area contributed by atoms with E-state index in [-0.39, 0.29) is 18.1 Å². The normalized spacial score (nSPS) is 10.2. The third kappa shape index (κ3) is 7.29. The Morgan fingerprint density at radius 1 is 1.19 bits per heavy atom. The van der Waals surface area contributed by atoms with Gasteiger partial charge >= 0.3 is 5.97 Å². The van der Waals surface area contributed by atoms with Crippen molar-refractivity contribution in [3.05, 3.63) is 30.1 Å². The fourth-order valence-corrected chi connectivity index (χ4v) is 1.70. The monoisotopic (exact) mass is 297 g/mol. The van der Waals surface area contributed by atoms with Crippen LogP contribution in [-0.4, -0.2) is 42.1 Å². The molecule has 0 aliphatic rings. The van der Waals surface area contributed by atoms with Crippen LogP contribution in [0.5, 0.6) is 5.75 Å². The van der Waals surface area contributed by atoms with Gasteiger partial charge in [-0.25, -0.2) is 4.39 Å². The van der Waals surface area contributed by atoms with Crippen molar-refractivity contribution in [3.63, 3.8) is 0 Å². The molecule has 0 aromatic heterocycles. The minimum atomic E-state index is -0.844. The molecule has 5 nitrogen and oxygen atoms in total. The number of hydrogen-bond donors (Lipinski definition) is 1. The van der Waals surface area contributed by atoms with Crippen molar-refractivity contribution in [2.75, 3.05) is 20.2 Å². The summed E-state index contributed by atoms with van der Waals surface area (Å²) in [6.07, 6.45) is 1.49. The number of likely N-dealkylation sites (N-methyl/N-ethyl adjacent to an activating group) is 1. The zero-order chi connectivity index (χ0) is 15.7. The number of ether oxygens (including phenoxy) is 1. The average Bonchev–Trinajstić information content (AvgIpc) is 2.45. The van der Waals surface area contributed by atoms with Gasteiger partial charge < -0.3 is 14.7 Å². The number of carbonyl (C=O) groups is 2. The molecule has 0 saturated heterocycles. The lowest BCUT2D eigenvalue weighted by molar-refractivity contribution is -0.137. The van der Waals surface area contributed by atoms with Crippen molar-refractivity contribution >= 4 is 11.9 Å². The minimum Gasteiger partial charge on any atom is -0.492 e. The molecule has 0 radical (unpaired) electrons. The Morgan fingerprint density at radius 3 is 2.43 bits per heavy atom. The third-order valence-electron chi connectivity index (χ3n) is 2.97. The average molecular weight is 297 g/mol. The van der Waals surface area contributed by atoms with Gasteiger partial charge in [0.15, 0.2) is 0 Å². The first kappa shape index (κ1) is 16.9. The van der Waals surface area contributed by atoms with Crippen molar-refractivity contribution in [3.8, 4) is 5.75 Å². The summed E-state index contributed by atoms with van der Waals surface area (Å²) in [6.45, 7) is 0.748. The van der Waals surface area contributed by atoms with Crippen LogP contribution >= 0.6 is 0 Å². The lowest BCUT2D eigenvalue weighted by Crippen LogP contribution is -2.30. The van der Waals surface area contributed by atoms with Gasteiger partial charge in [-0.2, -0.15) is 0 Å². The van der Waals surface area contributed by atoms with E-state index in [4.69, 9.17) is 9.84 Å². The van der Waals surface area contributed by atoms with E-state index in [0.29, 0.717) is 38.2 Å². The second kappa shape index (κ2) is 8.94. The molecular formula is C15H20FNO4. The van der Waals surface area contributed by atoms with E-state index < -0.39 is 5.97 Å². The smallest absolute Gasteiger partial charge is 0.303 e. The number of halogens is 1. The number of carbonyl (C=O) groups excluding carboxylic acids is 1. The first-order chi connectivity index (χ1) is 9.99. The summed E-state index contributed by atoms with van der Waals surface area (Å²) >= 11 is 0. The summed E-state index contributed by atoms with van der Waals surface area (Å²) in [7, 11) is 1.67. The molecule has 1 aromatic carbocycles. The van der Waals surface area contributed by atoms with Gasteiger partial charge in [-0.3, -0.25) is 9.59 Å². The van der Waals surface area contributed by atoms with E-state index in [1.165, 1.54) is 24.3 Å². The van der Waals surface area contributed by atoms with Crippen LogP contribution in [0.3, 0.4) is 0 Å². The lowest BCUT2D eigenvalue weighted by Gasteiger charge is -2.17. The van der Waals surface area contributed by atoms with Crippen LogP contribution in [0, 0.1) is 5.82 Å². The molecule has 0 fully saturated rings. The van der Waals surface area contributed by atoms with Gasteiger partial charge in [0.25, 0.3) is 0 Å². The number of aliphatic carboxylic acids is 1. The predicted molar refractivity (Wildman–Crippen MR) is 75.6 cm³/mol. The zero-order valence-electron chi connectivity index (χ0n) is 12.0. The minimum absolute atomic E-state index is 0.0388. The third-order valence-corrected chi connectivity index (χ3v) is 2.97. The molecule has 1 aromatic rings. The molecule has 0 saturated carbocycles. The molecule has 1 rings (SSSR count). The topological polar surface area (TPSA) is 66.8 Å². The highest BCUT2D eigenvalue weighted by atomic mass is 19.1. The number of hydrogen-bond acceptors (Lipinski definition) is 3. The summed E-state index contributed by atoms with van der Waals surface area (Å²) in [4.78, 5) is 23.6. The van der Waals surface area contributed by atoms with Crippen LogP contribution < -0.4 is 4.74 Å². The highest BCUT2D eigenvalue weighted by molar-refractivity contribution is 5.75. The molecule has 6 heteroatoms. The fourth-order valence-electron chi connectivity index (χ4n) is 1.70. The lowest BCUT2D eigenvalue weighted by atomic mass is 10.2. The SMILES string of the molecule is CN(CCOc1ccc(F)cc1)C(=O)CCCCC(=O)O. The molecule has 0 atom stereocenters. The summed E-state index contributed by atoms with van der Waals surface area (Å²) in [5.41, 5.74) is 0. The Hall–Kier alpha value is -2.11. The Kier molecular flexibility index (Phi) is 7.21. The number of rotatable bonds is 9. The Bertz CT molecular complexity index is 461. The Labute approximate surface area is 123 Å². The quantitative estimate of drug-likeness (QED) is 0.710. The molecule has 1 N–H and O–H groups in total. The van der Waals surface area contributed by atoms with Crippen molar-refractivity contribution in [2.24, 2.45) is 0 Å². The van der Waals surface area contributed by atoms with E-state index in [0.717, 1.165) is 0 Å². The van der Waals surface area contributed by atoms with Crippen LogP contribution in [0.4, 0.5) is 4.39 Å². The fraction of sp³-hybridized carbons (Fsp3) is 0.467. The van der Waals surface area contributed by atoms with Crippen molar-refractivity contribution in [1.82, 2.24) is 4.90 Å². The van der Waals surface area contributed by atoms with Gasteiger partial charge in [-0.1, -0.05) is 0 Å². The second-order valence-corrected chi connectivity index (χ2v) is 4.72. The molecule has 21 heavy (non-hydrogen) atoms. The number of benzene rings is 1. The molecule has 0 unspecified atom stereocenters. The maximum atomic E-state index is 12.7. The predicted octanol–water partition coefficient (Wildman–Crippen LogP) is 2.31. The van der Waals surface area contributed by atoms with Gasteiger partial charge in [0.2, 0.25) is 5.91 Å². The number of carboxylic acids is 1. The van der Waals surface area contributed by atoms with Crippen molar-refractivity contribution in [1.29, 1.82) is 0 Å². The summed E-state index contributed by atoms with van der Waals surface area (Å²) in [5.74, 6) is -0.652. The first-order valence-electron chi connectivity index (χ1n) is 6.83. The largest absolute Gasteiger partial charge is 0.492 e. The highest BCUT2D eigenvalue weighted by Crippen LogP contribution is 2.11. The molecule has 0 aliphatic carbocycles. The van der Waals surface area contributed by atoms with E-state index in [2.05, 4.69) is 0 Å². The number of amides is 1. The second-order valence-electron chi connectivity index (χ2n) is 4.72. The van der Waals surface area contributed by atoms with Crippen LogP contribution in [-0.2, 0) is 9.59 Å². The van der Waals surface area contributed by atoms with Gasteiger partial charge in [-0.05, 0) is 37.1 Å². The highest BCUT2D eigenvalue weighted by Gasteiger charge is 2.09. The molecule has 0 spiro atoms. The summed E-state index contributed by atoms with van der Waals surface area (Å²) in [6, 6.07) is 5.69. The van der Waals surface area contributed by atoms with Crippen molar-refractivity contribution in [2.45, 2.75) is 25.7 Å². The van der Waals surface area contributed by atoms with Gasteiger partial charge in [0.05, 0.1) is 6.54 Å². The Balaban J connectivity index is 2.17. The maximum Gasteiger partial charge on any atom is 0.303 e. The van der Waals surface area contributed by atoms with E-state index in [1.54, 1.807) is 11.9 Å². The number of unbranched alkanes of at least 4 members (excludes halogenated alkanes) is 1. The molecule has 1 amide bonds. The number of nitrogens with zero attached hydrogens (tertiary/aromatic N) is 1. The standard InChI is InChI=1S/C15H20FNO4/c1-17(14(18)4-2-3-5-15(19)20)10-11-21-13-8-6-12(16)7-9-13/h6-9H,2-5,10-11H2,1H3,(H,19,20). The maximum absolute atomic E-state index is 12.7. The number of carboxylic acid groups (broad SMARTS) is 1. The van der Waals surface area contributed by atoms with Crippen LogP contribution in [0.1, 0.15) is 25.7 Å². The molecule has 0 aliphatic heterocycles. The van der Waals surface area contributed by atoms with E-state index >= 15 is 0 Å². The zero-order valence-corrected chi connectivity index (χ0v) is 12.0. The van der Waals surface area contributed by atoms with E-state index in [1.807, 2.05) is 0 Å². The summed E-state index contributed by atoms with van der Waals surface area (Å²) < 4.78 is 18.1. The first-order valence-corrected chi connectivity index (χ1v) is 6.83. The van der Waals surface area contributed by atoms with Crippen LogP contribution in [0.15, 0.2) is 24.3 Å². The molecular weight excluding hydrogens is 277 g/mol. The van der Waals surface area contributed by atoms with Crippen LogP contribution in [0.2, 0.25) is 0 Å². The van der Waals surface area contributed by atoms with Crippen LogP contribution in [0.25, 0.3) is 0 Å². The Morgan fingerprint density at radius 2 is 1.81 bits per heavy atom. The van der Waals surface area contributed by atoms with Gasteiger partial charge in [0, 0.05) is 19.9 Å². The molecule has 116 valence electrons. The molecule has 0 heterocycles. The van der Waals surface area contributed by atoms with Crippen molar-refractivity contribution < 1.29 is 23.8 Å². The summed E-state index contributed by atoms with van der Waals surface area (Å²) in [5, 5.41) is 8.49. The molecule has 0 bridgehead atoms. The van der Waals surface area contributed by atoms with Gasteiger partial charge in [0.1, 0.15) is 18.2 Å². The van der Waals surface area contributed by atoms with E-state index in [9.17, 15) is 14.0 Å². The van der Waals surface area contributed by atoms with Gasteiger partial charge in [-0.15, -0.1) is 0 Å².